The summed E-state index contributed by atoms with van der Waals surface area (Å²) in [5.74, 6) is -0.0732. The molecule has 0 bridgehead atoms. The quantitative estimate of drug-likeness (QED) is 0.399. The van der Waals surface area contributed by atoms with Gasteiger partial charge < -0.3 is 10.2 Å². The summed E-state index contributed by atoms with van der Waals surface area (Å²) in [5.41, 5.74) is 3.03. The summed E-state index contributed by atoms with van der Waals surface area (Å²) in [6, 6.07) is 21.0. The van der Waals surface area contributed by atoms with E-state index in [0.29, 0.717) is 10.6 Å². The average Bonchev–Trinajstić information content (AvgIpc) is 2.87. The van der Waals surface area contributed by atoms with Gasteiger partial charge in [0.25, 0.3) is 5.91 Å². The molecular formula is C28H29ClN2O4S. The summed E-state index contributed by atoms with van der Waals surface area (Å²) in [6.45, 7) is 5.97. The number of carbonyl (C=O) groups is 2. The first-order valence-corrected chi connectivity index (χ1v) is 13.9. The lowest BCUT2D eigenvalue weighted by Gasteiger charge is -2.49. The van der Waals surface area contributed by atoms with Crippen LogP contribution in [-0.4, -0.2) is 26.0 Å². The van der Waals surface area contributed by atoms with Crippen molar-refractivity contribution in [2.75, 3.05) is 10.7 Å². The zero-order chi connectivity index (χ0) is 26.0. The molecule has 0 saturated carbocycles. The molecule has 0 spiro atoms. The van der Waals surface area contributed by atoms with Crippen molar-refractivity contribution >= 4 is 38.9 Å². The fourth-order valence-electron chi connectivity index (χ4n) is 4.50. The Morgan fingerprint density at radius 2 is 1.58 bits per heavy atom. The zero-order valence-electron chi connectivity index (χ0n) is 20.4. The molecule has 1 fully saturated rings. The SMILES string of the molecule is CCS(=O)(=O)c1ccc(CNC(=O)c2ccc(N3C(=O)[C@H](C(C)C)[C@H]3c3ccc(Cl)cc3)cc2)cc1. The summed E-state index contributed by atoms with van der Waals surface area (Å²) >= 11 is 6.06. The number of rotatable bonds is 8. The molecule has 4 rings (SSSR count). The van der Waals surface area contributed by atoms with Gasteiger partial charge in [0.2, 0.25) is 5.91 Å². The molecule has 3 aromatic rings. The predicted octanol–water partition coefficient (Wildman–Crippen LogP) is 5.42. The number of β-lactam (4-membered cyclic amide) rings is 1. The van der Waals surface area contributed by atoms with Gasteiger partial charge in [0.15, 0.2) is 9.84 Å². The van der Waals surface area contributed by atoms with Crippen LogP contribution in [-0.2, 0) is 21.2 Å². The van der Waals surface area contributed by atoms with Crippen LogP contribution in [0.1, 0.15) is 48.3 Å². The number of anilines is 1. The van der Waals surface area contributed by atoms with Crippen LogP contribution in [0.3, 0.4) is 0 Å². The Labute approximate surface area is 217 Å². The molecule has 2 amide bonds. The number of nitrogens with zero attached hydrogens (tertiary/aromatic N) is 1. The molecule has 1 saturated heterocycles. The van der Waals surface area contributed by atoms with E-state index in [1.807, 2.05) is 38.1 Å². The fourth-order valence-corrected chi connectivity index (χ4v) is 5.51. The van der Waals surface area contributed by atoms with Crippen LogP contribution in [0.2, 0.25) is 5.02 Å². The molecule has 3 aromatic carbocycles. The van der Waals surface area contributed by atoms with Gasteiger partial charge in [-0.3, -0.25) is 9.59 Å². The highest BCUT2D eigenvalue weighted by molar-refractivity contribution is 7.91. The molecule has 0 unspecified atom stereocenters. The third-order valence-corrected chi connectivity index (χ3v) is 8.60. The Kier molecular flexibility index (Phi) is 7.52. The van der Waals surface area contributed by atoms with E-state index in [0.717, 1.165) is 16.8 Å². The van der Waals surface area contributed by atoms with Crippen LogP contribution < -0.4 is 10.2 Å². The topological polar surface area (TPSA) is 83.6 Å². The summed E-state index contributed by atoms with van der Waals surface area (Å²) in [5, 5.41) is 3.50. The standard InChI is InChI=1S/C28H29ClN2O4S/c1-4-36(34,35)24-15-5-19(6-16-24)17-30-27(32)21-9-13-23(14-10-21)31-26(25(18(2)3)28(31)33)20-7-11-22(29)12-8-20/h5-16,18,25-26H,4,17H2,1-3H3,(H,30,32)/t25-,26-/m1/s1. The van der Waals surface area contributed by atoms with Crippen molar-refractivity contribution in [3.8, 4) is 0 Å². The Bertz CT molecular complexity index is 1350. The van der Waals surface area contributed by atoms with Gasteiger partial charge in [-0.2, -0.15) is 0 Å². The minimum Gasteiger partial charge on any atom is -0.348 e. The number of carbonyl (C=O) groups excluding carboxylic acids is 2. The van der Waals surface area contributed by atoms with Gasteiger partial charge in [-0.05, 0) is 65.6 Å². The van der Waals surface area contributed by atoms with Crippen LogP contribution >= 0.6 is 11.6 Å². The summed E-state index contributed by atoms with van der Waals surface area (Å²) in [6.07, 6.45) is 0. The largest absolute Gasteiger partial charge is 0.348 e. The molecule has 8 heteroatoms. The van der Waals surface area contributed by atoms with Crippen LogP contribution in [0.25, 0.3) is 0 Å². The van der Waals surface area contributed by atoms with Gasteiger partial charge in [0.1, 0.15) is 0 Å². The highest BCUT2D eigenvalue weighted by Gasteiger charge is 2.50. The first-order chi connectivity index (χ1) is 17.1. The molecule has 1 N–H and O–H groups in total. The van der Waals surface area contributed by atoms with E-state index in [4.69, 9.17) is 11.6 Å². The summed E-state index contributed by atoms with van der Waals surface area (Å²) < 4.78 is 23.9. The number of nitrogens with one attached hydrogen (secondary N) is 1. The number of hydrogen-bond donors (Lipinski definition) is 1. The van der Waals surface area contributed by atoms with Crippen molar-refractivity contribution in [2.24, 2.45) is 11.8 Å². The van der Waals surface area contributed by atoms with E-state index in [2.05, 4.69) is 5.32 Å². The first kappa shape index (κ1) is 25.9. The summed E-state index contributed by atoms with van der Waals surface area (Å²) in [4.78, 5) is 27.7. The Morgan fingerprint density at radius 1 is 0.972 bits per heavy atom. The van der Waals surface area contributed by atoms with Gasteiger partial charge in [-0.1, -0.05) is 56.6 Å². The molecule has 1 aliphatic heterocycles. The van der Waals surface area contributed by atoms with Crippen molar-refractivity contribution in [3.05, 3.63) is 94.5 Å². The zero-order valence-corrected chi connectivity index (χ0v) is 22.0. The molecule has 1 heterocycles. The van der Waals surface area contributed by atoms with Crippen LogP contribution in [0.5, 0.6) is 0 Å². The van der Waals surface area contributed by atoms with E-state index < -0.39 is 9.84 Å². The van der Waals surface area contributed by atoms with Gasteiger partial charge >= 0.3 is 0 Å². The molecular weight excluding hydrogens is 496 g/mol. The molecule has 188 valence electrons. The van der Waals surface area contributed by atoms with Crippen LogP contribution in [0.15, 0.2) is 77.7 Å². The number of hydrogen-bond acceptors (Lipinski definition) is 4. The number of sulfone groups is 1. The third-order valence-electron chi connectivity index (χ3n) is 6.59. The van der Waals surface area contributed by atoms with E-state index in [1.54, 1.807) is 60.4 Å². The van der Waals surface area contributed by atoms with Crippen LogP contribution in [0.4, 0.5) is 5.69 Å². The molecule has 0 aromatic heterocycles. The number of amides is 2. The average molecular weight is 525 g/mol. The minimum absolute atomic E-state index is 0.0423. The van der Waals surface area contributed by atoms with Crippen LogP contribution in [0, 0.1) is 11.8 Å². The maximum atomic E-state index is 13.0. The predicted molar refractivity (Wildman–Crippen MR) is 142 cm³/mol. The maximum Gasteiger partial charge on any atom is 0.251 e. The van der Waals surface area contributed by atoms with Crippen molar-refractivity contribution < 1.29 is 18.0 Å². The fraction of sp³-hybridized carbons (Fsp3) is 0.286. The highest BCUT2D eigenvalue weighted by Crippen LogP contribution is 2.46. The molecule has 6 nitrogen and oxygen atoms in total. The lowest BCUT2D eigenvalue weighted by molar-refractivity contribution is -0.132. The monoisotopic (exact) mass is 524 g/mol. The number of halogens is 1. The van der Waals surface area contributed by atoms with Crippen molar-refractivity contribution in [1.82, 2.24) is 5.32 Å². The van der Waals surface area contributed by atoms with E-state index in [-0.39, 0.29) is 46.9 Å². The molecule has 1 aliphatic rings. The first-order valence-electron chi connectivity index (χ1n) is 11.9. The highest BCUT2D eigenvalue weighted by atomic mass is 35.5. The second kappa shape index (κ2) is 10.4. The lowest BCUT2D eigenvalue weighted by atomic mass is 9.75. The Balaban J connectivity index is 1.45. The van der Waals surface area contributed by atoms with E-state index >= 15 is 0 Å². The van der Waals surface area contributed by atoms with E-state index in [1.165, 1.54) is 0 Å². The maximum absolute atomic E-state index is 13.0. The van der Waals surface area contributed by atoms with Gasteiger partial charge in [-0.15, -0.1) is 0 Å². The van der Waals surface area contributed by atoms with E-state index in [9.17, 15) is 18.0 Å². The summed E-state index contributed by atoms with van der Waals surface area (Å²) in [7, 11) is -3.26. The second-order valence-electron chi connectivity index (χ2n) is 9.25. The number of benzene rings is 3. The van der Waals surface area contributed by atoms with Gasteiger partial charge in [0.05, 0.1) is 22.6 Å². The minimum atomic E-state index is -3.26. The lowest BCUT2D eigenvalue weighted by Crippen LogP contribution is -2.57. The molecule has 0 radical (unpaired) electrons. The Hall–Kier alpha value is -3.16. The van der Waals surface area contributed by atoms with Gasteiger partial charge in [0, 0.05) is 22.8 Å². The van der Waals surface area contributed by atoms with Gasteiger partial charge in [-0.25, -0.2) is 8.42 Å². The molecule has 36 heavy (non-hydrogen) atoms. The normalized spacial score (nSPS) is 17.7. The smallest absolute Gasteiger partial charge is 0.251 e. The Morgan fingerprint density at radius 3 is 2.14 bits per heavy atom. The molecule has 0 aliphatic carbocycles. The second-order valence-corrected chi connectivity index (χ2v) is 12.0. The molecule has 2 atom stereocenters. The van der Waals surface area contributed by atoms with Crippen molar-refractivity contribution in [2.45, 2.75) is 38.3 Å². The van der Waals surface area contributed by atoms with Crippen molar-refractivity contribution in [1.29, 1.82) is 0 Å². The third kappa shape index (κ3) is 5.18. The van der Waals surface area contributed by atoms with Crippen molar-refractivity contribution in [3.63, 3.8) is 0 Å².